The van der Waals surface area contributed by atoms with Crippen LogP contribution < -0.4 is 5.32 Å². The highest BCUT2D eigenvalue weighted by Crippen LogP contribution is 2.18. The van der Waals surface area contributed by atoms with Crippen LogP contribution in [0.1, 0.15) is 41.3 Å². The van der Waals surface area contributed by atoms with Crippen molar-refractivity contribution < 1.29 is 4.79 Å². The first kappa shape index (κ1) is 18.7. The molecule has 3 aromatic carbocycles. The van der Waals surface area contributed by atoms with Gasteiger partial charge in [-0.15, -0.1) is 0 Å². The van der Waals surface area contributed by atoms with Gasteiger partial charge in [-0.05, 0) is 65.4 Å². The smallest absolute Gasteiger partial charge is 0.251 e. The van der Waals surface area contributed by atoms with E-state index in [1.807, 2.05) is 24.3 Å². The molecular formula is C25H28N2O. The minimum Gasteiger partial charge on any atom is -0.348 e. The van der Waals surface area contributed by atoms with Crippen LogP contribution in [0.15, 0.2) is 66.7 Å². The van der Waals surface area contributed by atoms with Gasteiger partial charge < -0.3 is 5.32 Å². The molecule has 4 rings (SSSR count). The average molecular weight is 373 g/mol. The molecule has 28 heavy (non-hydrogen) atoms. The van der Waals surface area contributed by atoms with Gasteiger partial charge in [-0.3, -0.25) is 9.69 Å². The van der Waals surface area contributed by atoms with E-state index < -0.39 is 0 Å². The van der Waals surface area contributed by atoms with Crippen molar-refractivity contribution in [1.29, 1.82) is 0 Å². The first-order valence-electron chi connectivity index (χ1n) is 10.2. The third-order valence-electron chi connectivity index (χ3n) is 5.63. The first-order valence-corrected chi connectivity index (χ1v) is 10.2. The lowest BCUT2D eigenvalue weighted by Crippen LogP contribution is -2.33. The van der Waals surface area contributed by atoms with Gasteiger partial charge in [-0.1, -0.05) is 55.5 Å². The predicted octanol–water partition coefficient (Wildman–Crippen LogP) is 5.00. The van der Waals surface area contributed by atoms with Crippen molar-refractivity contribution in [3.63, 3.8) is 0 Å². The molecule has 0 spiro atoms. The van der Waals surface area contributed by atoms with Crippen LogP contribution in [-0.2, 0) is 13.1 Å². The third kappa shape index (κ3) is 4.60. The molecule has 3 aromatic rings. The standard InChI is InChI=1S/C25H28N2O/c1-19-5-4-14-27(17-19)18-20-8-12-23(13-9-20)25(28)26-16-21-10-11-22-6-2-3-7-24(22)15-21/h2-3,6-13,15,19H,4-5,14,16-18H2,1H3,(H,26,28)/t19-/m1/s1. The van der Waals surface area contributed by atoms with E-state index >= 15 is 0 Å². The maximum absolute atomic E-state index is 12.5. The Bertz CT molecular complexity index is 948. The molecule has 3 nitrogen and oxygen atoms in total. The van der Waals surface area contributed by atoms with Gasteiger partial charge in [0.2, 0.25) is 0 Å². The monoisotopic (exact) mass is 372 g/mol. The van der Waals surface area contributed by atoms with E-state index in [0.29, 0.717) is 6.54 Å². The molecule has 1 aliphatic heterocycles. The summed E-state index contributed by atoms with van der Waals surface area (Å²) in [6.07, 6.45) is 2.63. The second-order valence-corrected chi connectivity index (χ2v) is 8.04. The van der Waals surface area contributed by atoms with Crippen LogP contribution in [0, 0.1) is 5.92 Å². The van der Waals surface area contributed by atoms with Crippen molar-refractivity contribution in [3.8, 4) is 0 Å². The van der Waals surface area contributed by atoms with Gasteiger partial charge >= 0.3 is 0 Å². The van der Waals surface area contributed by atoms with Gasteiger partial charge in [-0.2, -0.15) is 0 Å². The predicted molar refractivity (Wildman–Crippen MR) is 115 cm³/mol. The quantitative estimate of drug-likeness (QED) is 0.683. The first-order chi connectivity index (χ1) is 13.7. The Balaban J connectivity index is 1.33. The zero-order valence-electron chi connectivity index (χ0n) is 16.5. The van der Waals surface area contributed by atoms with Crippen LogP contribution in [0.25, 0.3) is 10.8 Å². The summed E-state index contributed by atoms with van der Waals surface area (Å²) in [5, 5.41) is 5.46. The van der Waals surface area contributed by atoms with Crippen LogP contribution in [0.4, 0.5) is 0 Å². The summed E-state index contributed by atoms with van der Waals surface area (Å²) in [5.74, 6) is 0.764. The van der Waals surface area contributed by atoms with E-state index in [2.05, 4.69) is 59.6 Å². The lowest BCUT2D eigenvalue weighted by Gasteiger charge is -2.30. The molecule has 1 saturated heterocycles. The third-order valence-corrected chi connectivity index (χ3v) is 5.63. The van der Waals surface area contributed by atoms with E-state index in [9.17, 15) is 4.79 Å². The van der Waals surface area contributed by atoms with Crippen LogP contribution in [0.2, 0.25) is 0 Å². The molecule has 1 amide bonds. The zero-order valence-corrected chi connectivity index (χ0v) is 16.5. The summed E-state index contributed by atoms with van der Waals surface area (Å²) >= 11 is 0. The van der Waals surface area contributed by atoms with Crippen LogP contribution in [0.5, 0.6) is 0 Å². The van der Waals surface area contributed by atoms with Gasteiger partial charge in [0.05, 0.1) is 0 Å². The lowest BCUT2D eigenvalue weighted by molar-refractivity contribution is 0.0951. The summed E-state index contributed by atoms with van der Waals surface area (Å²) in [5.41, 5.74) is 3.11. The van der Waals surface area contributed by atoms with Gasteiger partial charge in [0.15, 0.2) is 0 Å². The molecule has 0 radical (unpaired) electrons. The molecule has 0 saturated carbocycles. The molecule has 144 valence electrons. The van der Waals surface area contributed by atoms with Crippen molar-refractivity contribution in [3.05, 3.63) is 83.4 Å². The number of carbonyl (C=O) groups excluding carboxylic acids is 1. The van der Waals surface area contributed by atoms with E-state index in [4.69, 9.17) is 0 Å². The van der Waals surface area contributed by atoms with Crippen molar-refractivity contribution in [2.24, 2.45) is 5.92 Å². The number of benzene rings is 3. The van der Waals surface area contributed by atoms with Gasteiger partial charge in [0, 0.05) is 25.2 Å². The Morgan fingerprint density at radius 3 is 2.54 bits per heavy atom. The number of fused-ring (bicyclic) bond motifs is 1. The SMILES string of the molecule is C[C@@H]1CCCN(Cc2ccc(C(=O)NCc3ccc4ccccc4c3)cc2)C1. The zero-order chi connectivity index (χ0) is 19.3. The Morgan fingerprint density at radius 2 is 1.75 bits per heavy atom. The molecule has 1 atom stereocenters. The maximum atomic E-state index is 12.5. The number of likely N-dealkylation sites (tertiary alicyclic amines) is 1. The fourth-order valence-electron chi connectivity index (χ4n) is 4.08. The van der Waals surface area contributed by atoms with E-state index in [1.54, 1.807) is 0 Å². The summed E-state index contributed by atoms with van der Waals surface area (Å²) < 4.78 is 0. The number of hydrogen-bond donors (Lipinski definition) is 1. The number of rotatable bonds is 5. The number of hydrogen-bond acceptors (Lipinski definition) is 2. The molecule has 0 aromatic heterocycles. The second-order valence-electron chi connectivity index (χ2n) is 8.04. The Morgan fingerprint density at radius 1 is 1.00 bits per heavy atom. The molecule has 1 aliphatic rings. The van der Waals surface area contributed by atoms with Gasteiger partial charge in [-0.25, -0.2) is 0 Å². The molecule has 3 heteroatoms. The average Bonchev–Trinajstić information content (AvgIpc) is 2.72. The Hall–Kier alpha value is -2.65. The van der Waals surface area contributed by atoms with Gasteiger partial charge in [0.25, 0.3) is 5.91 Å². The van der Waals surface area contributed by atoms with Crippen molar-refractivity contribution in [2.45, 2.75) is 32.9 Å². The normalized spacial score (nSPS) is 17.5. The molecule has 0 aliphatic carbocycles. The fourth-order valence-corrected chi connectivity index (χ4v) is 4.08. The van der Waals surface area contributed by atoms with Gasteiger partial charge in [0.1, 0.15) is 0 Å². The van der Waals surface area contributed by atoms with E-state index in [0.717, 1.165) is 23.6 Å². The van der Waals surface area contributed by atoms with E-state index in [-0.39, 0.29) is 5.91 Å². The maximum Gasteiger partial charge on any atom is 0.251 e. The highest BCUT2D eigenvalue weighted by atomic mass is 16.1. The van der Waals surface area contributed by atoms with Crippen LogP contribution >= 0.6 is 0 Å². The van der Waals surface area contributed by atoms with Crippen LogP contribution in [-0.4, -0.2) is 23.9 Å². The number of amides is 1. The molecule has 1 heterocycles. The van der Waals surface area contributed by atoms with Crippen molar-refractivity contribution >= 4 is 16.7 Å². The minimum absolute atomic E-state index is 0.0219. The summed E-state index contributed by atoms with van der Waals surface area (Å²) in [6, 6.07) is 22.7. The summed E-state index contributed by atoms with van der Waals surface area (Å²) in [4.78, 5) is 15.0. The van der Waals surface area contributed by atoms with Crippen molar-refractivity contribution in [1.82, 2.24) is 10.2 Å². The minimum atomic E-state index is -0.0219. The molecule has 1 N–H and O–H groups in total. The summed E-state index contributed by atoms with van der Waals surface area (Å²) in [7, 11) is 0. The molecule has 0 bridgehead atoms. The second kappa shape index (κ2) is 8.57. The molecular weight excluding hydrogens is 344 g/mol. The number of nitrogens with zero attached hydrogens (tertiary/aromatic N) is 1. The number of nitrogens with one attached hydrogen (secondary N) is 1. The Labute approximate surface area is 167 Å². The Kier molecular flexibility index (Phi) is 5.73. The largest absolute Gasteiger partial charge is 0.348 e. The number of carbonyl (C=O) groups is 1. The summed E-state index contributed by atoms with van der Waals surface area (Å²) in [6.45, 7) is 6.20. The fraction of sp³-hybridized carbons (Fsp3) is 0.320. The van der Waals surface area contributed by atoms with Crippen molar-refractivity contribution in [2.75, 3.05) is 13.1 Å². The highest BCUT2D eigenvalue weighted by molar-refractivity contribution is 5.94. The molecule has 0 unspecified atom stereocenters. The molecule has 1 fully saturated rings. The highest BCUT2D eigenvalue weighted by Gasteiger charge is 2.16. The van der Waals surface area contributed by atoms with Crippen LogP contribution in [0.3, 0.4) is 0 Å². The topological polar surface area (TPSA) is 32.3 Å². The lowest BCUT2D eigenvalue weighted by atomic mass is 9.99. The number of piperidine rings is 1. The van der Waals surface area contributed by atoms with E-state index in [1.165, 1.54) is 42.3 Å².